The fourth-order valence-electron chi connectivity index (χ4n) is 2.51. The second-order valence-electron chi connectivity index (χ2n) is 5.36. The summed E-state index contributed by atoms with van der Waals surface area (Å²) < 4.78 is 0.00920. The normalized spacial score (nSPS) is 10.7. The maximum absolute atomic E-state index is 12.5. The van der Waals surface area contributed by atoms with Crippen LogP contribution in [0.5, 0.6) is 17.4 Å². The number of carbonyl (C=O) groups is 1. The summed E-state index contributed by atoms with van der Waals surface area (Å²) in [5, 5.41) is 41.4. The molecule has 0 atom stereocenters. The Balaban J connectivity index is 1.99. The number of fused-ring (bicyclic) bond motifs is 1. The molecule has 8 heteroatoms. The molecule has 0 aliphatic rings. The highest BCUT2D eigenvalue weighted by atomic mass is 16.5. The minimum atomic E-state index is -0.879. The standard InChI is InChI=1S/C17H14N2O6/c20-10-6-5-9(13(21)7-10)8-18-15(22)14-11-3-1-2-4-12(11)16(23)19(25)17(14)24/h1-7,20-21,24-25H,8H2,(H,18,22). The molecular weight excluding hydrogens is 328 g/mol. The van der Waals surface area contributed by atoms with Crippen LogP contribution in [0.15, 0.2) is 47.3 Å². The highest BCUT2D eigenvalue weighted by molar-refractivity contribution is 6.08. The van der Waals surface area contributed by atoms with E-state index in [0.29, 0.717) is 5.56 Å². The molecule has 0 aliphatic carbocycles. The first-order valence-electron chi connectivity index (χ1n) is 7.25. The first-order valence-corrected chi connectivity index (χ1v) is 7.25. The summed E-state index contributed by atoms with van der Waals surface area (Å²) in [5.74, 6) is -1.95. The minimum absolute atomic E-state index is 0.00920. The monoisotopic (exact) mass is 342 g/mol. The Kier molecular flexibility index (Phi) is 3.94. The lowest BCUT2D eigenvalue weighted by Crippen LogP contribution is -2.27. The van der Waals surface area contributed by atoms with E-state index in [2.05, 4.69) is 5.32 Å². The van der Waals surface area contributed by atoms with E-state index in [1.54, 1.807) is 12.1 Å². The molecule has 3 aromatic rings. The van der Waals surface area contributed by atoms with Gasteiger partial charge in [-0.15, -0.1) is 4.73 Å². The van der Waals surface area contributed by atoms with Crippen molar-refractivity contribution in [2.24, 2.45) is 0 Å². The van der Waals surface area contributed by atoms with Gasteiger partial charge >= 0.3 is 0 Å². The molecule has 0 saturated heterocycles. The molecule has 1 heterocycles. The molecule has 128 valence electrons. The van der Waals surface area contributed by atoms with Crippen LogP contribution in [0, 0.1) is 0 Å². The molecule has 0 bridgehead atoms. The number of nitrogens with one attached hydrogen (secondary N) is 1. The molecule has 0 saturated carbocycles. The highest BCUT2D eigenvalue weighted by Gasteiger charge is 2.21. The number of phenols is 2. The lowest BCUT2D eigenvalue weighted by atomic mass is 10.1. The molecule has 0 aliphatic heterocycles. The van der Waals surface area contributed by atoms with Crippen LogP contribution in [0.4, 0.5) is 0 Å². The van der Waals surface area contributed by atoms with Gasteiger partial charge in [-0.1, -0.05) is 18.2 Å². The Morgan fingerprint density at radius 2 is 1.72 bits per heavy atom. The van der Waals surface area contributed by atoms with Crippen molar-refractivity contribution in [3.63, 3.8) is 0 Å². The summed E-state index contributed by atoms with van der Waals surface area (Å²) in [6.45, 7) is -0.0940. The van der Waals surface area contributed by atoms with Crippen molar-refractivity contribution in [3.05, 3.63) is 63.9 Å². The molecular formula is C17H14N2O6. The number of phenolic OH excluding ortho intramolecular Hbond substituents is 2. The summed E-state index contributed by atoms with van der Waals surface area (Å²) in [4.78, 5) is 24.4. The van der Waals surface area contributed by atoms with Gasteiger partial charge in [-0.3, -0.25) is 9.59 Å². The second kappa shape index (κ2) is 6.08. The molecule has 0 unspecified atom stereocenters. The third kappa shape index (κ3) is 2.80. The van der Waals surface area contributed by atoms with Crippen molar-refractivity contribution in [2.75, 3.05) is 0 Å². The molecule has 2 aromatic carbocycles. The molecule has 0 radical (unpaired) electrons. The number of nitrogens with zero attached hydrogens (tertiary/aromatic N) is 1. The van der Waals surface area contributed by atoms with Crippen LogP contribution in [-0.4, -0.2) is 31.2 Å². The van der Waals surface area contributed by atoms with Crippen molar-refractivity contribution in [1.29, 1.82) is 0 Å². The van der Waals surface area contributed by atoms with Gasteiger partial charge < -0.3 is 25.8 Å². The van der Waals surface area contributed by atoms with E-state index in [4.69, 9.17) is 0 Å². The van der Waals surface area contributed by atoms with Gasteiger partial charge in [0.2, 0.25) is 5.88 Å². The van der Waals surface area contributed by atoms with E-state index < -0.39 is 17.3 Å². The summed E-state index contributed by atoms with van der Waals surface area (Å²) in [7, 11) is 0. The Morgan fingerprint density at radius 1 is 1.04 bits per heavy atom. The van der Waals surface area contributed by atoms with Crippen LogP contribution >= 0.6 is 0 Å². The number of rotatable bonds is 3. The molecule has 5 N–H and O–H groups in total. The Bertz CT molecular complexity index is 1040. The van der Waals surface area contributed by atoms with Crippen molar-refractivity contribution in [1.82, 2.24) is 10.0 Å². The highest BCUT2D eigenvalue weighted by Crippen LogP contribution is 2.25. The summed E-state index contributed by atoms with van der Waals surface area (Å²) >= 11 is 0. The fourth-order valence-corrected chi connectivity index (χ4v) is 2.51. The number of carbonyl (C=O) groups excluding carboxylic acids is 1. The van der Waals surface area contributed by atoms with Crippen molar-refractivity contribution >= 4 is 16.7 Å². The third-order valence-electron chi connectivity index (χ3n) is 3.78. The van der Waals surface area contributed by atoms with Crippen LogP contribution in [0.3, 0.4) is 0 Å². The van der Waals surface area contributed by atoms with Crippen molar-refractivity contribution in [2.45, 2.75) is 6.54 Å². The average Bonchev–Trinajstić information content (AvgIpc) is 2.59. The number of hydrogen-bond donors (Lipinski definition) is 5. The lowest BCUT2D eigenvalue weighted by Gasteiger charge is -2.12. The van der Waals surface area contributed by atoms with Gasteiger partial charge in [0.1, 0.15) is 17.1 Å². The zero-order valence-corrected chi connectivity index (χ0v) is 12.8. The van der Waals surface area contributed by atoms with E-state index in [9.17, 15) is 30.1 Å². The smallest absolute Gasteiger partial charge is 0.294 e. The van der Waals surface area contributed by atoms with E-state index in [0.717, 1.165) is 6.07 Å². The first kappa shape index (κ1) is 16.2. The molecule has 0 fully saturated rings. The van der Waals surface area contributed by atoms with Gasteiger partial charge in [-0.05, 0) is 18.2 Å². The average molecular weight is 342 g/mol. The number of benzene rings is 2. The van der Waals surface area contributed by atoms with Gasteiger partial charge in [0.15, 0.2) is 0 Å². The van der Waals surface area contributed by atoms with Crippen LogP contribution in [0.1, 0.15) is 15.9 Å². The number of pyridine rings is 1. The lowest BCUT2D eigenvalue weighted by molar-refractivity contribution is 0.0934. The summed E-state index contributed by atoms with van der Waals surface area (Å²) in [6, 6.07) is 9.96. The van der Waals surface area contributed by atoms with Crippen molar-refractivity contribution < 1.29 is 25.3 Å². The topological polar surface area (TPSA) is 132 Å². The van der Waals surface area contributed by atoms with Gasteiger partial charge in [0, 0.05) is 23.6 Å². The maximum atomic E-state index is 12.5. The number of aromatic nitrogens is 1. The van der Waals surface area contributed by atoms with Gasteiger partial charge in [-0.2, -0.15) is 0 Å². The van der Waals surface area contributed by atoms with E-state index in [-0.39, 0.29) is 39.1 Å². The van der Waals surface area contributed by atoms with Gasteiger partial charge in [-0.25, -0.2) is 0 Å². The third-order valence-corrected chi connectivity index (χ3v) is 3.78. The van der Waals surface area contributed by atoms with E-state index in [1.165, 1.54) is 24.3 Å². The molecule has 0 spiro atoms. The van der Waals surface area contributed by atoms with Gasteiger partial charge in [0.25, 0.3) is 11.5 Å². The maximum Gasteiger partial charge on any atom is 0.294 e. The second-order valence-corrected chi connectivity index (χ2v) is 5.36. The minimum Gasteiger partial charge on any atom is -0.508 e. The number of aromatic hydroxyl groups is 3. The molecule has 25 heavy (non-hydrogen) atoms. The zero-order valence-electron chi connectivity index (χ0n) is 12.8. The Labute approximate surface area is 140 Å². The largest absolute Gasteiger partial charge is 0.508 e. The van der Waals surface area contributed by atoms with E-state index in [1.807, 2.05) is 0 Å². The van der Waals surface area contributed by atoms with E-state index >= 15 is 0 Å². The zero-order chi connectivity index (χ0) is 18.1. The van der Waals surface area contributed by atoms with Crippen LogP contribution < -0.4 is 10.9 Å². The summed E-state index contributed by atoms with van der Waals surface area (Å²) in [6.07, 6.45) is 0. The predicted molar refractivity (Wildman–Crippen MR) is 88.0 cm³/mol. The van der Waals surface area contributed by atoms with Crippen molar-refractivity contribution in [3.8, 4) is 17.4 Å². The number of amides is 1. The van der Waals surface area contributed by atoms with Crippen LogP contribution in [0.2, 0.25) is 0 Å². The molecule has 1 amide bonds. The molecule has 3 rings (SSSR count). The fraction of sp³-hybridized carbons (Fsp3) is 0.0588. The quantitative estimate of drug-likeness (QED) is 0.456. The summed E-state index contributed by atoms with van der Waals surface area (Å²) in [5.41, 5.74) is -0.774. The van der Waals surface area contributed by atoms with Gasteiger partial charge in [0.05, 0.1) is 5.39 Å². The predicted octanol–water partition coefficient (Wildman–Crippen LogP) is 1.29. The Morgan fingerprint density at radius 3 is 2.40 bits per heavy atom. The van der Waals surface area contributed by atoms with Crippen LogP contribution in [-0.2, 0) is 6.54 Å². The molecule has 1 aromatic heterocycles. The Hall–Kier alpha value is -3.68. The molecule has 8 nitrogen and oxygen atoms in total. The SMILES string of the molecule is O=C(NCc1ccc(O)cc1O)c1c(O)n(O)c(=O)c2ccccc12. The number of hydrogen-bond acceptors (Lipinski definition) is 6. The van der Waals surface area contributed by atoms with Crippen LogP contribution in [0.25, 0.3) is 10.8 Å². The first-order chi connectivity index (χ1) is 11.9.